The van der Waals surface area contributed by atoms with E-state index >= 15 is 0 Å². The molecule has 118 valence electrons. The second-order valence-electron chi connectivity index (χ2n) is 5.60. The van der Waals surface area contributed by atoms with Crippen LogP contribution in [-0.2, 0) is 0 Å². The number of aromatic nitrogens is 3. The monoisotopic (exact) mass is 343 g/mol. The van der Waals surface area contributed by atoms with Crippen LogP contribution >= 0.6 is 23.4 Å². The van der Waals surface area contributed by atoms with E-state index in [-0.39, 0.29) is 0 Å². The van der Waals surface area contributed by atoms with Gasteiger partial charge in [0.2, 0.25) is 0 Å². The molecule has 0 amide bonds. The number of hydrogen-bond donors (Lipinski definition) is 0. The average molecular weight is 344 g/mol. The standard InChI is InChI=1S/C18H18ClN3S/c1-12(2)23-18-21-20-17(14-8-10-15(19)11-9-14)22(18)16-7-5-4-6-13(16)3/h4-12H,1-3H3. The minimum absolute atomic E-state index is 0.431. The highest BCUT2D eigenvalue weighted by atomic mass is 35.5. The van der Waals surface area contributed by atoms with Gasteiger partial charge in [-0.3, -0.25) is 4.57 Å². The van der Waals surface area contributed by atoms with Gasteiger partial charge >= 0.3 is 0 Å². The van der Waals surface area contributed by atoms with Crippen LogP contribution in [-0.4, -0.2) is 20.0 Å². The maximum absolute atomic E-state index is 6.01. The normalized spacial score (nSPS) is 11.2. The summed E-state index contributed by atoms with van der Waals surface area (Å²) in [6, 6.07) is 16.0. The number of halogens is 1. The molecule has 0 saturated heterocycles. The number of benzene rings is 2. The Hall–Kier alpha value is -1.78. The van der Waals surface area contributed by atoms with Gasteiger partial charge < -0.3 is 0 Å². The van der Waals surface area contributed by atoms with E-state index in [4.69, 9.17) is 11.6 Å². The van der Waals surface area contributed by atoms with E-state index in [0.717, 1.165) is 22.2 Å². The van der Waals surface area contributed by atoms with E-state index in [9.17, 15) is 0 Å². The lowest BCUT2D eigenvalue weighted by atomic mass is 10.1. The van der Waals surface area contributed by atoms with Gasteiger partial charge in [0.1, 0.15) is 0 Å². The summed E-state index contributed by atoms with van der Waals surface area (Å²) in [4.78, 5) is 0. The predicted molar refractivity (Wildman–Crippen MR) is 97.5 cm³/mol. The number of nitrogens with zero attached hydrogens (tertiary/aromatic N) is 3. The molecule has 5 heteroatoms. The third-order valence-corrected chi connectivity index (χ3v) is 4.63. The highest BCUT2D eigenvalue weighted by Gasteiger charge is 2.18. The van der Waals surface area contributed by atoms with E-state index in [1.165, 1.54) is 5.56 Å². The zero-order valence-corrected chi connectivity index (χ0v) is 14.9. The van der Waals surface area contributed by atoms with Crippen LogP contribution in [0.1, 0.15) is 19.4 Å². The predicted octanol–water partition coefficient (Wildman–Crippen LogP) is 5.40. The number of thioether (sulfide) groups is 1. The molecule has 1 aromatic heterocycles. The fourth-order valence-corrected chi connectivity index (χ4v) is 3.30. The summed E-state index contributed by atoms with van der Waals surface area (Å²) in [6.45, 7) is 6.41. The van der Waals surface area contributed by atoms with E-state index in [2.05, 4.69) is 47.7 Å². The Morgan fingerprint density at radius 2 is 1.70 bits per heavy atom. The summed E-state index contributed by atoms with van der Waals surface area (Å²) in [6.07, 6.45) is 0. The topological polar surface area (TPSA) is 30.7 Å². The number of aryl methyl sites for hydroxylation is 1. The van der Waals surface area contributed by atoms with Gasteiger partial charge in [-0.25, -0.2) is 0 Å². The zero-order chi connectivity index (χ0) is 16.4. The van der Waals surface area contributed by atoms with Crippen molar-refractivity contribution in [2.45, 2.75) is 31.2 Å². The van der Waals surface area contributed by atoms with Gasteiger partial charge in [-0.1, -0.05) is 55.4 Å². The van der Waals surface area contributed by atoms with Crippen molar-refractivity contribution >= 4 is 23.4 Å². The minimum Gasteiger partial charge on any atom is -0.270 e. The maximum atomic E-state index is 6.01. The average Bonchev–Trinajstić information content (AvgIpc) is 2.91. The summed E-state index contributed by atoms with van der Waals surface area (Å²) in [5.74, 6) is 0.833. The fourth-order valence-electron chi connectivity index (χ4n) is 2.37. The van der Waals surface area contributed by atoms with Crippen LogP contribution in [0.25, 0.3) is 17.1 Å². The zero-order valence-electron chi connectivity index (χ0n) is 13.3. The highest BCUT2D eigenvalue weighted by molar-refractivity contribution is 7.99. The summed E-state index contributed by atoms with van der Waals surface area (Å²) in [7, 11) is 0. The van der Waals surface area contributed by atoms with Crippen LogP contribution < -0.4 is 0 Å². The lowest BCUT2D eigenvalue weighted by Gasteiger charge is -2.13. The molecule has 23 heavy (non-hydrogen) atoms. The van der Waals surface area contributed by atoms with Crippen molar-refractivity contribution in [3.63, 3.8) is 0 Å². The summed E-state index contributed by atoms with van der Waals surface area (Å²) in [5.41, 5.74) is 3.29. The Kier molecular flexibility index (Phi) is 4.74. The first-order valence-corrected chi connectivity index (χ1v) is 8.76. The maximum Gasteiger partial charge on any atom is 0.196 e. The second-order valence-corrected chi connectivity index (χ2v) is 7.58. The Morgan fingerprint density at radius 1 is 1.00 bits per heavy atom. The summed E-state index contributed by atoms with van der Waals surface area (Å²) < 4.78 is 2.13. The van der Waals surface area contributed by atoms with Crippen molar-refractivity contribution in [3.8, 4) is 17.1 Å². The van der Waals surface area contributed by atoms with Crippen molar-refractivity contribution in [1.29, 1.82) is 0 Å². The van der Waals surface area contributed by atoms with Crippen molar-refractivity contribution in [3.05, 3.63) is 59.1 Å². The number of para-hydroxylation sites is 1. The van der Waals surface area contributed by atoms with Crippen molar-refractivity contribution < 1.29 is 0 Å². The van der Waals surface area contributed by atoms with Gasteiger partial charge in [-0.15, -0.1) is 10.2 Å². The van der Waals surface area contributed by atoms with Crippen LogP contribution in [0.5, 0.6) is 0 Å². The van der Waals surface area contributed by atoms with E-state index in [1.54, 1.807) is 11.8 Å². The fraction of sp³-hybridized carbons (Fsp3) is 0.222. The van der Waals surface area contributed by atoms with Crippen molar-refractivity contribution in [2.24, 2.45) is 0 Å². The molecule has 0 unspecified atom stereocenters. The SMILES string of the molecule is Cc1ccccc1-n1c(SC(C)C)nnc1-c1ccc(Cl)cc1. The number of hydrogen-bond acceptors (Lipinski definition) is 3. The molecular weight excluding hydrogens is 326 g/mol. The van der Waals surface area contributed by atoms with E-state index in [1.807, 2.05) is 36.4 Å². The van der Waals surface area contributed by atoms with Gasteiger partial charge in [-0.05, 0) is 42.8 Å². The van der Waals surface area contributed by atoms with E-state index in [0.29, 0.717) is 10.3 Å². The Bertz CT molecular complexity index is 809. The third kappa shape index (κ3) is 3.43. The van der Waals surface area contributed by atoms with Crippen molar-refractivity contribution in [1.82, 2.24) is 14.8 Å². The molecule has 0 bridgehead atoms. The smallest absolute Gasteiger partial charge is 0.196 e. The third-order valence-electron chi connectivity index (χ3n) is 3.43. The minimum atomic E-state index is 0.431. The molecule has 3 aromatic rings. The van der Waals surface area contributed by atoms with Gasteiger partial charge in [-0.2, -0.15) is 0 Å². The first-order valence-electron chi connectivity index (χ1n) is 7.50. The van der Waals surface area contributed by atoms with Gasteiger partial charge in [0.25, 0.3) is 0 Å². The van der Waals surface area contributed by atoms with Crippen LogP contribution in [0.4, 0.5) is 0 Å². The molecule has 3 rings (SSSR count). The van der Waals surface area contributed by atoms with E-state index < -0.39 is 0 Å². The molecule has 0 spiro atoms. The van der Waals surface area contributed by atoms with Crippen LogP contribution in [0.3, 0.4) is 0 Å². The molecule has 3 nitrogen and oxygen atoms in total. The lowest BCUT2D eigenvalue weighted by molar-refractivity contribution is 0.874. The van der Waals surface area contributed by atoms with Crippen LogP contribution in [0.2, 0.25) is 5.02 Å². The molecule has 0 aliphatic rings. The van der Waals surface area contributed by atoms with Gasteiger partial charge in [0.15, 0.2) is 11.0 Å². The second kappa shape index (κ2) is 6.77. The molecule has 0 saturated carbocycles. The number of rotatable bonds is 4. The molecule has 2 aromatic carbocycles. The summed E-state index contributed by atoms with van der Waals surface area (Å²) >= 11 is 7.72. The molecular formula is C18H18ClN3S. The van der Waals surface area contributed by atoms with Gasteiger partial charge in [0.05, 0.1) is 5.69 Å². The Labute approximate surface area is 145 Å². The molecule has 0 N–H and O–H groups in total. The van der Waals surface area contributed by atoms with Crippen molar-refractivity contribution in [2.75, 3.05) is 0 Å². The largest absolute Gasteiger partial charge is 0.270 e. The first-order chi connectivity index (χ1) is 11.1. The Balaban J connectivity index is 2.19. The van der Waals surface area contributed by atoms with Gasteiger partial charge in [0, 0.05) is 15.8 Å². The highest BCUT2D eigenvalue weighted by Crippen LogP contribution is 2.31. The lowest BCUT2D eigenvalue weighted by Crippen LogP contribution is -2.03. The molecule has 1 heterocycles. The molecule has 0 aliphatic heterocycles. The molecule has 0 radical (unpaired) electrons. The first kappa shape index (κ1) is 16.1. The Morgan fingerprint density at radius 3 is 2.35 bits per heavy atom. The molecule has 0 aliphatic carbocycles. The molecule has 0 fully saturated rings. The van der Waals surface area contributed by atoms with Crippen LogP contribution in [0, 0.1) is 6.92 Å². The quantitative estimate of drug-likeness (QED) is 0.594. The van der Waals surface area contributed by atoms with Crippen LogP contribution in [0.15, 0.2) is 53.7 Å². The summed E-state index contributed by atoms with van der Waals surface area (Å²) in [5, 5.41) is 10.9. The molecule has 0 atom stereocenters.